The van der Waals surface area contributed by atoms with E-state index in [0.29, 0.717) is 11.3 Å². The molecule has 0 spiro atoms. The van der Waals surface area contributed by atoms with Crippen molar-refractivity contribution in [3.8, 4) is 0 Å². The smallest absolute Gasteiger partial charge is 0.186 e. The van der Waals surface area contributed by atoms with Crippen LogP contribution in [-0.4, -0.2) is 42.7 Å². The molecule has 1 aliphatic carbocycles. The van der Waals surface area contributed by atoms with Crippen molar-refractivity contribution in [3.05, 3.63) is 11.3 Å². The topological polar surface area (TPSA) is 46.6 Å². The average Bonchev–Trinajstić information content (AvgIpc) is 2.27. The summed E-state index contributed by atoms with van der Waals surface area (Å²) in [5.41, 5.74) is -0.194. The highest BCUT2D eigenvalue weighted by Gasteiger charge is 2.49. The minimum Gasteiger partial charge on any atom is -0.500 e. The maximum absolute atomic E-state index is 12.5. The number of hydrogen-bond donors (Lipinski definition) is 0. The van der Waals surface area contributed by atoms with Crippen LogP contribution in [0.1, 0.15) is 34.6 Å². The van der Waals surface area contributed by atoms with E-state index in [1.165, 1.54) is 7.11 Å². The number of nitrogens with zero attached hydrogens (tertiary/aromatic N) is 1. The van der Waals surface area contributed by atoms with Crippen molar-refractivity contribution < 1.29 is 14.3 Å². The number of methoxy groups -OCH3 is 1. The minimum atomic E-state index is -0.749. The highest BCUT2D eigenvalue weighted by molar-refractivity contribution is 6.19. The van der Waals surface area contributed by atoms with Crippen molar-refractivity contribution >= 4 is 11.6 Å². The first-order valence-corrected chi connectivity index (χ1v) is 6.22. The Morgan fingerprint density at radius 1 is 1.28 bits per heavy atom. The summed E-state index contributed by atoms with van der Waals surface area (Å²) in [4.78, 5) is 26.7. The number of ketones is 2. The minimum absolute atomic E-state index is 0.0915. The number of carbonyl (C=O) groups is 2. The number of likely N-dealkylation sites (N-methyl/N-ethyl adjacent to an activating group) is 1. The maximum Gasteiger partial charge on any atom is 0.186 e. The Labute approximate surface area is 109 Å². The van der Waals surface area contributed by atoms with E-state index in [1.807, 2.05) is 39.6 Å². The molecular weight excluding hydrogens is 230 g/mol. The normalized spacial score (nSPS) is 24.2. The third-order valence-electron chi connectivity index (χ3n) is 3.82. The molecule has 18 heavy (non-hydrogen) atoms. The number of allylic oxidation sites excluding steroid dienone is 1. The molecule has 1 rings (SSSR count). The largest absolute Gasteiger partial charge is 0.500 e. The molecule has 0 heterocycles. The van der Waals surface area contributed by atoms with Gasteiger partial charge in [0, 0.05) is 11.6 Å². The van der Waals surface area contributed by atoms with E-state index in [-0.39, 0.29) is 17.6 Å². The van der Waals surface area contributed by atoms with Gasteiger partial charge in [-0.2, -0.15) is 0 Å². The average molecular weight is 253 g/mol. The van der Waals surface area contributed by atoms with Gasteiger partial charge in [0.15, 0.2) is 11.6 Å². The lowest BCUT2D eigenvalue weighted by atomic mass is 9.73. The van der Waals surface area contributed by atoms with Crippen LogP contribution in [0.5, 0.6) is 0 Å². The van der Waals surface area contributed by atoms with Gasteiger partial charge < -0.3 is 4.74 Å². The standard InChI is InChI=1S/C14H23NO3/c1-8(2)15(6)10-11(16)9(3)13(18-7)14(4,5)12(10)17/h8,10H,1-7H3. The number of hydrogen-bond acceptors (Lipinski definition) is 4. The predicted octanol–water partition coefficient (Wildman–Crippen LogP) is 1.79. The van der Waals surface area contributed by atoms with Gasteiger partial charge >= 0.3 is 0 Å². The Hall–Kier alpha value is -1.16. The summed E-state index contributed by atoms with van der Waals surface area (Å²) >= 11 is 0. The van der Waals surface area contributed by atoms with E-state index in [2.05, 4.69) is 0 Å². The second kappa shape index (κ2) is 4.84. The molecule has 0 aromatic heterocycles. The van der Waals surface area contributed by atoms with E-state index in [0.717, 1.165) is 0 Å². The summed E-state index contributed by atoms with van der Waals surface area (Å²) in [7, 11) is 3.32. The SMILES string of the molecule is COC1=C(C)C(=O)C(N(C)C(C)C)C(=O)C1(C)C. The number of rotatable bonds is 3. The van der Waals surface area contributed by atoms with Crippen molar-refractivity contribution in [2.24, 2.45) is 5.41 Å². The monoisotopic (exact) mass is 253 g/mol. The summed E-state index contributed by atoms with van der Waals surface area (Å²) in [6.07, 6.45) is 0. The van der Waals surface area contributed by atoms with E-state index in [9.17, 15) is 9.59 Å². The summed E-state index contributed by atoms with van der Waals surface area (Å²) in [6.45, 7) is 9.30. The zero-order chi connectivity index (χ0) is 14.2. The van der Waals surface area contributed by atoms with Crippen LogP contribution in [0.3, 0.4) is 0 Å². The zero-order valence-electron chi connectivity index (χ0n) is 12.3. The molecular formula is C14H23NO3. The summed E-state index contributed by atoms with van der Waals surface area (Å²) in [5, 5.41) is 0. The molecule has 4 heteroatoms. The first kappa shape index (κ1) is 14.9. The third-order valence-corrected chi connectivity index (χ3v) is 3.82. The van der Waals surface area contributed by atoms with Gasteiger partial charge in [0.2, 0.25) is 0 Å². The van der Waals surface area contributed by atoms with Crippen LogP contribution in [0.4, 0.5) is 0 Å². The molecule has 1 unspecified atom stereocenters. The molecule has 1 atom stereocenters. The van der Waals surface area contributed by atoms with E-state index < -0.39 is 11.5 Å². The van der Waals surface area contributed by atoms with Crippen molar-refractivity contribution in [2.45, 2.75) is 46.7 Å². The molecule has 0 saturated carbocycles. The first-order valence-electron chi connectivity index (χ1n) is 6.22. The van der Waals surface area contributed by atoms with Gasteiger partial charge in [0.05, 0.1) is 12.5 Å². The van der Waals surface area contributed by atoms with Gasteiger partial charge in [-0.1, -0.05) is 0 Å². The molecule has 0 aliphatic heterocycles. The van der Waals surface area contributed by atoms with Crippen molar-refractivity contribution in [1.82, 2.24) is 4.90 Å². The molecule has 0 N–H and O–H groups in total. The van der Waals surface area contributed by atoms with Gasteiger partial charge in [-0.25, -0.2) is 0 Å². The van der Waals surface area contributed by atoms with E-state index >= 15 is 0 Å². The quantitative estimate of drug-likeness (QED) is 0.719. The van der Waals surface area contributed by atoms with Crippen LogP contribution in [0.25, 0.3) is 0 Å². The van der Waals surface area contributed by atoms with Gasteiger partial charge in [-0.15, -0.1) is 0 Å². The number of Topliss-reactive ketones (excluding diaryl/α,β-unsaturated/α-hetero) is 2. The third kappa shape index (κ3) is 2.09. The molecule has 1 aliphatic rings. The maximum atomic E-state index is 12.5. The van der Waals surface area contributed by atoms with Crippen LogP contribution in [0, 0.1) is 5.41 Å². The molecule has 0 bridgehead atoms. The molecule has 0 saturated heterocycles. The lowest BCUT2D eigenvalue weighted by Gasteiger charge is -2.39. The fraction of sp³-hybridized carbons (Fsp3) is 0.714. The van der Waals surface area contributed by atoms with E-state index in [1.54, 1.807) is 6.92 Å². The first-order chi connectivity index (χ1) is 8.16. The second-order valence-corrected chi connectivity index (χ2v) is 5.67. The molecule has 0 aromatic rings. The van der Waals surface area contributed by atoms with Crippen molar-refractivity contribution in [3.63, 3.8) is 0 Å². The van der Waals surface area contributed by atoms with Crippen molar-refractivity contribution in [2.75, 3.05) is 14.2 Å². The summed E-state index contributed by atoms with van der Waals surface area (Å²) in [6, 6.07) is -0.561. The lowest BCUT2D eigenvalue weighted by molar-refractivity contribution is -0.141. The molecule has 0 radical (unpaired) electrons. The fourth-order valence-corrected chi connectivity index (χ4v) is 2.43. The zero-order valence-corrected chi connectivity index (χ0v) is 12.3. The number of carbonyl (C=O) groups excluding carboxylic acids is 2. The Kier molecular flexibility index (Phi) is 4.01. The van der Waals surface area contributed by atoms with Crippen LogP contribution >= 0.6 is 0 Å². The van der Waals surface area contributed by atoms with Crippen LogP contribution < -0.4 is 0 Å². The van der Waals surface area contributed by atoms with E-state index in [4.69, 9.17) is 4.74 Å². The lowest BCUT2D eigenvalue weighted by Crippen LogP contribution is -2.56. The van der Waals surface area contributed by atoms with Gasteiger partial charge in [0.1, 0.15) is 11.8 Å². The molecule has 102 valence electrons. The number of ether oxygens (including phenoxy) is 1. The van der Waals surface area contributed by atoms with Crippen molar-refractivity contribution in [1.29, 1.82) is 0 Å². The van der Waals surface area contributed by atoms with Gasteiger partial charge in [-0.3, -0.25) is 14.5 Å². The van der Waals surface area contributed by atoms with Gasteiger partial charge in [0.25, 0.3) is 0 Å². The molecule has 0 fully saturated rings. The highest BCUT2D eigenvalue weighted by atomic mass is 16.5. The van der Waals surface area contributed by atoms with Crippen LogP contribution in [0.15, 0.2) is 11.3 Å². The fourth-order valence-electron chi connectivity index (χ4n) is 2.43. The van der Waals surface area contributed by atoms with Crippen LogP contribution in [-0.2, 0) is 14.3 Å². The Bertz CT molecular complexity index is 407. The second-order valence-electron chi connectivity index (χ2n) is 5.67. The Balaban J connectivity index is 3.33. The molecule has 0 amide bonds. The summed E-state index contributed by atoms with van der Waals surface area (Å²) < 4.78 is 5.27. The Morgan fingerprint density at radius 2 is 1.78 bits per heavy atom. The highest BCUT2D eigenvalue weighted by Crippen LogP contribution is 2.38. The Morgan fingerprint density at radius 3 is 2.17 bits per heavy atom. The molecule has 4 nitrogen and oxygen atoms in total. The van der Waals surface area contributed by atoms with Gasteiger partial charge in [-0.05, 0) is 41.7 Å². The predicted molar refractivity (Wildman–Crippen MR) is 70.2 cm³/mol. The van der Waals surface area contributed by atoms with Crippen LogP contribution in [0.2, 0.25) is 0 Å². The summed E-state index contributed by atoms with van der Waals surface area (Å²) in [5.74, 6) is 0.254. The molecule has 0 aromatic carbocycles.